The van der Waals surface area contributed by atoms with Crippen LogP contribution in [0.3, 0.4) is 0 Å². The summed E-state index contributed by atoms with van der Waals surface area (Å²) in [6.07, 6.45) is 6.06. The number of ether oxygens (including phenoxy) is 2. The van der Waals surface area contributed by atoms with Crippen LogP contribution in [0.1, 0.15) is 57.9 Å². The molecule has 2 N–H and O–H groups in total. The van der Waals surface area contributed by atoms with Crippen LogP contribution in [0.2, 0.25) is 0 Å². The highest BCUT2D eigenvalue weighted by Crippen LogP contribution is 2.28. The first-order chi connectivity index (χ1) is 31.1. The van der Waals surface area contributed by atoms with Crippen LogP contribution in [-0.2, 0) is 31.9 Å². The van der Waals surface area contributed by atoms with Crippen LogP contribution in [0.25, 0.3) is 33.2 Å². The third-order valence-corrected chi connectivity index (χ3v) is 11.1. The Hall–Kier alpha value is -7.80. The molecular weight excluding hydrogens is 908 g/mol. The fourth-order valence-electron chi connectivity index (χ4n) is 7.08. The number of nitrogens with zero attached hydrogens (tertiary/aromatic N) is 8. The van der Waals surface area contributed by atoms with Crippen molar-refractivity contribution in [1.29, 1.82) is 10.5 Å². The number of likely N-dealkylation sites (tertiary alicyclic amines) is 2. The van der Waals surface area contributed by atoms with E-state index in [4.69, 9.17) is 26.4 Å². The van der Waals surface area contributed by atoms with Gasteiger partial charge in [-0.15, -0.1) is 6.42 Å². The maximum Gasteiger partial charge on any atom is 0.359 e. The van der Waals surface area contributed by atoms with Crippen molar-refractivity contribution in [1.82, 2.24) is 29.4 Å². The lowest BCUT2D eigenvalue weighted by atomic mass is 10.0. The summed E-state index contributed by atoms with van der Waals surface area (Å²) >= 11 is 3.44. The number of amides is 2. The Kier molecular flexibility index (Phi) is 15.5. The fraction of sp³-hybridized carbons (Fsp3) is 0.265. The Balaban J connectivity index is 0.000000209. The molecular formula is C49H45BrN8O8. The Morgan fingerprint density at radius 3 is 1.62 bits per heavy atom. The van der Waals surface area contributed by atoms with Gasteiger partial charge < -0.3 is 29.5 Å². The van der Waals surface area contributed by atoms with Crippen molar-refractivity contribution in [2.24, 2.45) is 0 Å². The number of aromatic nitrogens is 4. The summed E-state index contributed by atoms with van der Waals surface area (Å²) in [6.45, 7) is 0.993. The van der Waals surface area contributed by atoms with E-state index in [0.29, 0.717) is 47.1 Å². The molecule has 0 unspecified atom stereocenters. The van der Waals surface area contributed by atoms with Crippen LogP contribution in [0.5, 0.6) is 0 Å². The van der Waals surface area contributed by atoms with Gasteiger partial charge in [0.15, 0.2) is 11.4 Å². The van der Waals surface area contributed by atoms with Gasteiger partial charge in [-0.25, -0.2) is 19.0 Å². The van der Waals surface area contributed by atoms with E-state index in [1.807, 2.05) is 54.6 Å². The van der Waals surface area contributed by atoms with Crippen LogP contribution in [0, 0.1) is 46.8 Å². The van der Waals surface area contributed by atoms with Crippen molar-refractivity contribution in [2.45, 2.75) is 44.3 Å². The van der Waals surface area contributed by atoms with Crippen molar-refractivity contribution >= 4 is 61.5 Å². The third-order valence-electron chi connectivity index (χ3n) is 10.6. The van der Waals surface area contributed by atoms with Crippen molar-refractivity contribution in [3.8, 4) is 47.7 Å². The maximum atomic E-state index is 12.3. The molecule has 4 heterocycles. The summed E-state index contributed by atoms with van der Waals surface area (Å²) in [5.74, 6) is 5.82. The van der Waals surface area contributed by atoms with E-state index in [1.54, 1.807) is 53.8 Å². The Bertz CT molecular complexity index is 3060. The summed E-state index contributed by atoms with van der Waals surface area (Å²) in [7, 11) is 5.87. The molecule has 2 atom stereocenters. The minimum absolute atomic E-state index is 0. The van der Waals surface area contributed by atoms with E-state index in [2.05, 4.69) is 56.0 Å². The maximum absolute atomic E-state index is 12.3. The van der Waals surface area contributed by atoms with Gasteiger partial charge in [-0.3, -0.25) is 9.59 Å². The molecule has 6 aromatic rings. The summed E-state index contributed by atoms with van der Waals surface area (Å²) < 4.78 is 13.9. The molecule has 8 rings (SSSR count). The number of hydrogen-bond donors (Lipinski definition) is 2. The van der Waals surface area contributed by atoms with E-state index in [9.17, 15) is 29.4 Å². The van der Waals surface area contributed by atoms with Crippen molar-refractivity contribution in [3.63, 3.8) is 0 Å². The predicted octanol–water partition coefficient (Wildman–Crippen LogP) is 5.31. The van der Waals surface area contributed by atoms with Crippen LogP contribution in [0.15, 0.2) is 89.4 Å². The molecule has 0 radical (unpaired) electrons. The molecule has 0 saturated carbocycles. The highest BCUT2D eigenvalue weighted by molar-refractivity contribution is 9.10. The predicted molar refractivity (Wildman–Crippen MR) is 248 cm³/mol. The molecule has 2 fully saturated rings. The number of carbonyl (C=O) groups excluding carboxylic acids is 4. The number of carbonyl (C=O) groups is 4. The topological polar surface area (TPSA) is 217 Å². The van der Waals surface area contributed by atoms with E-state index in [0.717, 1.165) is 26.8 Å². The number of halogens is 1. The minimum Gasteiger partial charge on any atom is -0.464 e. The molecule has 336 valence electrons. The van der Waals surface area contributed by atoms with Gasteiger partial charge in [0, 0.05) is 60.8 Å². The SMILES string of the molecule is C.C#C[C@]1(O)CCN(C)C1=O.COC(=O)c1nn(-c2cccc(Br)c2)c2ccc(CC#N)cc12.COC(=O)c1nn(-c2cccc(C#C[C@]3(O)CCN(C)C3=O)c2)c2ccc(CC#N)cc12. The summed E-state index contributed by atoms with van der Waals surface area (Å²) in [5, 5.41) is 47.8. The lowest BCUT2D eigenvalue weighted by molar-refractivity contribution is -0.138. The molecule has 17 heteroatoms. The number of aliphatic hydroxyl groups is 2. The molecule has 0 bridgehead atoms. The summed E-state index contributed by atoms with van der Waals surface area (Å²) in [6, 6.07) is 29.9. The zero-order chi connectivity index (χ0) is 47.1. The Morgan fingerprint density at radius 1 is 0.742 bits per heavy atom. The molecule has 0 spiro atoms. The zero-order valence-corrected chi connectivity index (χ0v) is 37.3. The van der Waals surface area contributed by atoms with Gasteiger partial charge in [-0.05, 0) is 71.8 Å². The van der Waals surface area contributed by atoms with Gasteiger partial charge in [0.05, 0.1) is 61.6 Å². The number of terminal acetylenes is 1. The van der Waals surface area contributed by atoms with Crippen LogP contribution in [-0.4, -0.2) is 116 Å². The second-order valence-electron chi connectivity index (χ2n) is 15.0. The molecule has 16 nitrogen and oxygen atoms in total. The number of likely N-dealkylation sites (N-methyl/N-ethyl adjacent to an activating group) is 2. The first kappa shape index (κ1) is 49.2. The average Bonchev–Trinajstić information content (AvgIpc) is 4.04. The molecule has 2 aliphatic heterocycles. The zero-order valence-electron chi connectivity index (χ0n) is 35.7. The fourth-order valence-corrected chi connectivity index (χ4v) is 7.46. The molecule has 2 aliphatic rings. The van der Waals surface area contributed by atoms with Crippen LogP contribution >= 0.6 is 15.9 Å². The smallest absolute Gasteiger partial charge is 0.359 e. The number of rotatable bonds is 6. The van der Waals surface area contributed by atoms with E-state index in [1.165, 1.54) is 24.0 Å². The number of fused-ring (bicyclic) bond motifs is 2. The number of hydrogen-bond acceptors (Lipinski definition) is 12. The van der Waals surface area contributed by atoms with E-state index >= 15 is 0 Å². The number of esters is 2. The average molecular weight is 954 g/mol. The molecule has 2 amide bonds. The third kappa shape index (κ3) is 10.3. The standard InChI is InChI=1S/C24H20N4O4.C17H12BrN3O2.C7H9NO2.CH4/c1-27-13-11-24(31,23(27)30)10-8-16-4-3-5-18(14-16)28-20-7-6-17(9-12-25)15-19(20)21(26-28)22(29)32-2;1-23-17(22)16-14-9-11(7-8-19)5-6-15(14)21(20-16)13-4-2-3-12(18)10-13;1-3-7(10)4-5-8(2)6(7)9;/h3-7,14-15,31H,9,11,13H2,1-2H3;2-6,9-10H,7H2,1H3;1,10H,4-5H2,2H3;1H4/t24-;;7-;/m0.0./s1. The quantitative estimate of drug-likeness (QED) is 0.160. The van der Waals surface area contributed by atoms with Gasteiger partial charge in [0.2, 0.25) is 11.2 Å². The molecule has 2 aromatic heterocycles. The lowest BCUT2D eigenvalue weighted by Crippen LogP contribution is -2.37. The Labute approximate surface area is 389 Å². The number of methoxy groups -OCH3 is 2. The van der Waals surface area contributed by atoms with Crippen molar-refractivity contribution in [2.75, 3.05) is 41.4 Å². The van der Waals surface area contributed by atoms with Crippen LogP contribution < -0.4 is 0 Å². The normalized spacial score (nSPS) is 17.2. The highest BCUT2D eigenvalue weighted by atomic mass is 79.9. The summed E-state index contributed by atoms with van der Waals surface area (Å²) in [4.78, 5) is 50.4. The molecule has 0 aliphatic carbocycles. The molecule has 2 saturated heterocycles. The van der Waals surface area contributed by atoms with Crippen LogP contribution in [0.4, 0.5) is 0 Å². The second kappa shape index (κ2) is 20.8. The van der Waals surface area contributed by atoms with Gasteiger partial charge in [-0.2, -0.15) is 20.7 Å². The summed E-state index contributed by atoms with van der Waals surface area (Å²) in [5.41, 5.74) is 2.29. The minimum atomic E-state index is -1.68. The van der Waals surface area contributed by atoms with E-state index < -0.39 is 29.0 Å². The lowest BCUT2D eigenvalue weighted by Gasteiger charge is -2.13. The largest absolute Gasteiger partial charge is 0.464 e. The molecule has 66 heavy (non-hydrogen) atoms. The monoisotopic (exact) mass is 952 g/mol. The van der Waals surface area contributed by atoms with Crippen molar-refractivity contribution < 1.29 is 38.9 Å². The van der Waals surface area contributed by atoms with Gasteiger partial charge in [0.25, 0.3) is 11.8 Å². The Morgan fingerprint density at radius 2 is 1.21 bits per heavy atom. The van der Waals surface area contributed by atoms with Gasteiger partial charge >= 0.3 is 11.9 Å². The van der Waals surface area contributed by atoms with E-state index in [-0.39, 0.29) is 44.0 Å². The first-order valence-electron chi connectivity index (χ1n) is 19.9. The highest BCUT2D eigenvalue weighted by Gasteiger charge is 2.43. The van der Waals surface area contributed by atoms with Gasteiger partial charge in [-0.1, -0.05) is 65.4 Å². The second-order valence-corrected chi connectivity index (χ2v) is 15.9. The van der Waals surface area contributed by atoms with Gasteiger partial charge in [0.1, 0.15) is 0 Å². The number of nitriles is 2. The first-order valence-corrected chi connectivity index (χ1v) is 20.7. The molecule has 4 aromatic carbocycles. The number of benzene rings is 4. The van der Waals surface area contributed by atoms with Crippen molar-refractivity contribution in [3.05, 3.63) is 117 Å².